The number of aliphatic hydroxyl groups excluding tert-OH is 1. The van der Waals surface area contributed by atoms with Gasteiger partial charge in [-0.1, -0.05) is 0 Å². The molecule has 0 radical (unpaired) electrons. The van der Waals surface area contributed by atoms with Crippen molar-refractivity contribution in [2.75, 3.05) is 24.6 Å². The molecule has 0 saturated carbocycles. The largest absolute Gasteiger partial charge is 0.396 e. The summed E-state index contributed by atoms with van der Waals surface area (Å²) >= 11 is 0. The molecule has 3 heterocycles. The lowest BCUT2D eigenvalue weighted by molar-refractivity contribution is -0.163. The van der Waals surface area contributed by atoms with Gasteiger partial charge in [-0.05, 0) is 30.2 Å². The third-order valence-electron chi connectivity index (χ3n) is 4.95. The maximum absolute atomic E-state index is 12.6. The molecule has 2 fully saturated rings. The van der Waals surface area contributed by atoms with Crippen LogP contribution < -0.4 is 4.90 Å². The highest BCUT2D eigenvalue weighted by molar-refractivity contribution is 6.04. The van der Waals surface area contributed by atoms with Crippen molar-refractivity contribution in [2.24, 2.45) is 5.92 Å². The molecule has 0 spiro atoms. The van der Waals surface area contributed by atoms with E-state index in [1.165, 1.54) is 5.01 Å². The van der Waals surface area contributed by atoms with Crippen LogP contribution in [0.2, 0.25) is 0 Å². The molecule has 1 aromatic carbocycles. The van der Waals surface area contributed by atoms with Crippen LogP contribution in [0, 0.1) is 5.92 Å². The Labute approximate surface area is 139 Å². The Morgan fingerprint density at radius 2 is 1.79 bits per heavy atom. The monoisotopic (exact) mass is 329 g/mol. The van der Waals surface area contributed by atoms with E-state index in [1.807, 2.05) is 12.1 Å². The fraction of sp³-hybridized carbons (Fsp3) is 0.471. The average Bonchev–Trinajstić information content (AvgIpc) is 2.83. The normalized spacial score (nSPS) is 21.4. The number of nitrogens with zero attached hydrogens (tertiary/aromatic N) is 3. The molecule has 3 aliphatic heterocycles. The van der Waals surface area contributed by atoms with Gasteiger partial charge < -0.3 is 10.0 Å². The first kappa shape index (κ1) is 15.1. The Balaban J connectivity index is 1.56. The standard InChI is InChI=1S/C17H19N3O4/c21-10-11-7-18(8-11)13-4-5-14-12(6-13)9-19(17(14)24)20-15(22)2-1-3-16(20)23/h4-6,11,21H,1-3,7-10H2. The lowest BCUT2D eigenvalue weighted by atomic mass is 9.99. The summed E-state index contributed by atoms with van der Waals surface area (Å²) in [5.41, 5.74) is 2.38. The molecular weight excluding hydrogens is 310 g/mol. The van der Waals surface area contributed by atoms with E-state index < -0.39 is 0 Å². The number of rotatable bonds is 3. The summed E-state index contributed by atoms with van der Waals surface area (Å²) in [4.78, 5) is 38.9. The molecule has 126 valence electrons. The number of carbonyl (C=O) groups excluding carboxylic acids is 3. The maximum Gasteiger partial charge on any atom is 0.273 e. The van der Waals surface area contributed by atoms with E-state index >= 15 is 0 Å². The molecule has 1 N–H and O–H groups in total. The van der Waals surface area contributed by atoms with E-state index in [1.54, 1.807) is 6.07 Å². The highest BCUT2D eigenvalue weighted by atomic mass is 16.3. The van der Waals surface area contributed by atoms with Crippen molar-refractivity contribution in [3.63, 3.8) is 0 Å². The zero-order valence-corrected chi connectivity index (χ0v) is 13.3. The van der Waals surface area contributed by atoms with Gasteiger partial charge in [0, 0.05) is 49.7 Å². The Morgan fingerprint density at radius 3 is 2.46 bits per heavy atom. The Morgan fingerprint density at radius 1 is 1.08 bits per heavy atom. The summed E-state index contributed by atoms with van der Waals surface area (Å²) < 4.78 is 0. The van der Waals surface area contributed by atoms with E-state index in [0.29, 0.717) is 30.7 Å². The number of fused-ring (bicyclic) bond motifs is 1. The van der Waals surface area contributed by atoms with Gasteiger partial charge in [0.2, 0.25) is 11.8 Å². The number of hydrazine groups is 1. The lowest BCUT2D eigenvalue weighted by Crippen LogP contribution is -2.51. The van der Waals surface area contributed by atoms with Crippen molar-refractivity contribution in [3.8, 4) is 0 Å². The molecule has 0 aromatic heterocycles. The summed E-state index contributed by atoms with van der Waals surface area (Å²) in [5, 5.41) is 11.4. The quantitative estimate of drug-likeness (QED) is 0.818. The van der Waals surface area contributed by atoms with Gasteiger partial charge in [-0.3, -0.25) is 14.4 Å². The third-order valence-corrected chi connectivity index (χ3v) is 4.95. The molecule has 0 bridgehead atoms. The molecule has 3 amide bonds. The van der Waals surface area contributed by atoms with E-state index in [0.717, 1.165) is 29.3 Å². The number of aliphatic hydroxyl groups is 1. The third kappa shape index (κ3) is 2.27. The zero-order valence-electron chi connectivity index (χ0n) is 13.3. The fourth-order valence-corrected chi connectivity index (χ4v) is 3.56. The first-order chi connectivity index (χ1) is 11.6. The minimum absolute atomic E-state index is 0.187. The highest BCUT2D eigenvalue weighted by Crippen LogP contribution is 2.32. The predicted molar refractivity (Wildman–Crippen MR) is 84.8 cm³/mol. The van der Waals surface area contributed by atoms with Gasteiger partial charge in [-0.15, -0.1) is 0 Å². The van der Waals surface area contributed by atoms with E-state index in [4.69, 9.17) is 5.11 Å². The number of hydrogen-bond donors (Lipinski definition) is 1. The molecule has 3 aliphatic rings. The van der Waals surface area contributed by atoms with Gasteiger partial charge in [-0.25, -0.2) is 5.01 Å². The van der Waals surface area contributed by atoms with Crippen molar-refractivity contribution >= 4 is 23.4 Å². The van der Waals surface area contributed by atoms with Crippen LogP contribution >= 0.6 is 0 Å². The van der Waals surface area contributed by atoms with Crippen LogP contribution in [-0.4, -0.2) is 52.5 Å². The van der Waals surface area contributed by atoms with Crippen molar-refractivity contribution in [2.45, 2.75) is 25.8 Å². The molecule has 1 aromatic rings. The Hall–Kier alpha value is -2.41. The minimum atomic E-state index is -0.304. The lowest BCUT2D eigenvalue weighted by Gasteiger charge is -2.40. The van der Waals surface area contributed by atoms with Gasteiger partial charge in [0.25, 0.3) is 5.91 Å². The number of hydrogen-bond acceptors (Lipinski definition) is 5. The molecule has 4 rings (SSSR count). The van der Waals surface area contributed by atoms with Gasteiger partial charge in [-0.2, -0.15) is 5.01 Å². The SMILES string of the molecule is O=C1c2ccc(N3CC(CO)C3)cc2CN1N1C(=O)CCCC1=O. The molecule has 7 heteroatoms. The number of amides is 3. The Bertz CT molecular complexity index is 711. The molecule has 0 aliphatic carbocycles. The summed E-state index contributed by atoms with van der Waals surface area (Å²) in [6, 6.07) is 5.59. The second-order valence-electron chi connectivity index (χ2n) is 6.61. The second kappa shape index (κ2) is 5.59. The minimum Gasteiger partial charge on any atom is -0.396 e. The molecule has 2 saturated heterocycles. The molecule has 0 unspecified atom stereocenters. The van der Waals surface area contributed by atoms with Crippen molar-refractivity contribution in [1.29, 1.82) is 0 Å². The number of anilines is 1. The van der Waals surface area contributed by atoms with Gasteiger partial charge in [0.15, 0.2) is 0 Å². The molecule has 24 heavy (non-hydrogen) atoms. The van der Waals surface area contributed by atoms with Crippen LogP contribution in [0.25, 0.3) is 0 Å². The van der Waals surface area contributed by atoms with Gasteiger partial charge >= 0.3 is 0 Å². The van der Waals surface area contributed by atoms with Crippen LogP contribution in [0.3, 0.4) is 0 Å². The van der Waals surface area contributed by atoms with Crippen molar-refractivity contribution in [3.05, 3.63) is 29.3 Å². The highest BCUT2D eigenvalue weighted by Gasteiger charge is 2.39. The average molecular weight is 329 g/mol. The van der Waals surface area contributed by atoms with Crippen molar-refractivity contribution < 1.29 is 19.5 Å². The molecule has 0 atom stereocenters. The fourth-order valence-electron chi connectivity index (χ4n) is 3.56. The molecular formula is C17H19N3O4. The summed E-state index contributed by atoms with van der Waals surface area (Å²) in [6.07, 6.45) is 1.15. The van der Waals surface area contributed by atoms with E-state index in [9.17, 15) is 14.4 Å². The second-order valence-corrected chi connectivity index (χ2v) is 6.61. The van der Waals surface area contributed by atoms with E-state index in [-0.39, 0.29) is 30.9 Å². The number of benzene rings is 1. The first-order valence-electron chi connectivity index (χ1n) is 8.25. The van der Waals surface area contributed by atoms with Crippen molar-refractivity contribution in [1.82, 2.24) is 10.0 Å². The van der Waals surface area contributed by atoms with Crippen LogP contribution in [0.1, 0.15) is 35.2 Å². The smallest absolute Gasteiger partial charge is 0.273 e. The predicted octanol–water partition coefficient (Wildman–Crippen LogP) is 0.525. The first-order valence-corrected chi connectivity index (χ1v) is 8.25. The van der Waals surface area contributed by atoms with Crippen LogP contribution in [0.5, 0.6) is 0 Å². The topological polar surface area (TPSA) is 81.2 Å². The summed E-state index contributed by atoms with van der Waals surface area (Å²) in [6.45, 7) is 2.04. The van der Waals surface area contributed by atoms with Crippen LogP contribution in [0.15, 0.2) is 18.2 Å². The van der Waals surface area contributed by atoms with Crippen LogP contribution in [-0.2, 0) is 16.1 Å². The maximum atomic E-state index is 12.6. The zero-order chi connectivity index (χ0) is 16.8. The molecule has 7 nitrogen and oxygen atoms in total. The van der Waals surface area contributed by atoms with E-state index in [2.05, 4.69) is 4.90 Å². The van der Waals surface area contributed by atoms with Gasteiger partial charge in [0.1, 0.15) is 0 Å². The number of imide groups is 1. The Kier molecular flexibility index (Phi) is 3.53. The number of carbonyl (C=O) groups is 3. The summed E-state index contributed by atoms with van der Waals surface area (Å²) in [7, 11) is 0. The summed E-state index contributed by atoms with van der Waals surface area (Å²) in [5.74, 6) is -0.598. The van der Waals surface area contributed by atoms with Gasteiger partial charge in [0.05, 0.1) is 6.54 Å². The number of piperidine rings is 1. The van der Waals surface area contributed by atoms with Crippen LogP contribution in [0.4, 0.5) is 5.69 Å².